The largest absolute Gasteiger partial charge is 0.480 e. The van der Waals surface area contributed by atoms with Crippen molar-refractivity contribution in [3.8, 4) is 11.8 Å². The number of aromatic nitrogens is 2. The molecule has 0 aliphatic heterocycles. The number of methoxy groups -OCH3 is 2. The molecule has 1 atom stereocenters. The van der Waals surface area contributed by atoms with Gasteiger partial charge in [-0.2, -0.15) is 0 Å². The van der Waals surface area contributed by atoms with Gasteiger partial charge in [-0.3, -0.25) is 0 Å². The highest BCUT2D eigenvalue weighted by atomic mass is 16.5. The lowest BCUT2D eigenvalue weighted by Gasteiger charge is -2.13. The summed E-state index contributed by atoms with van der Waals surface area (Å²) < 4.78 is 10.1. The van der Waals surface area contributed by atoms with E-state index < -0.39 is 6.10 Å². The van der Waals surface area contributed by atoms with E-state index >= 15 is 0 Å². The number of aliphatic hydroxyl groups is 1. The Labute approximate surface area is 102 Å². The summed E-state index contributed by atoms with van der Waals surface area (Å²) in [5.74, 6) is 0.741. The molecule has 5 nitrogen and oxygen atoms in total. The average Bonchev–Trinajstić information content (AvgIpc) is 2.38. The van der Waals surface area contributed by atoms with Gasteiger partial charge in [0.05, 0.1) is 20.3 Å². The van der Waals surface area contributed by atoms with Crippen molar-refractivity contribution >= 4 is 0 Å². The first-order valence-corrected chi connectivity index (χ1v) is 5.86. The van der Waals surface area contributed by atoms with Crippen LogP contribution in [0.15, 0.2) is 6.07 Å². The molecule has 96 valence electrons. The second-order valence-corrected chi connectivity index (χ2v) is 3.86. The summed E-state index contributed by atoms with van der Waals surface area (Å²) in [6, 6.07) is 1.67. The predicted molar refractivity (Wildman–Crippen MR) is 64.2 cm³/mol. The lowest BCUT2D eigenvalue weighted by Crippen LogP contribution is -2.05. The molecule has 0 bridgehead atoms. The molecule has 1 rings (SSSR count). The van der Waals surface area contributed by atoms with Crippen molar-refractivity contribution in [1.29, 1.82) is 0 Å². The Morgan fingerprint density at radius 1 is 1.24 bits per heavy atom. The lowest BCUT2D eigenvalue weighted by atomic mass is 10.0. The van der Waals surface area contributed by atoms with E-state index in [0.29, 0.717) is 23.7 Å². The van der Waals surface area contributed by atoms with Gasteiger partial charge in [-0.25, -0.2) is 0 Å². The fraction of sp³-hybridized carbons (Fsp3) is 0.667. The van der Waals surface area contributed by atoms with Crippen molar-refractivity contribution in [2.45, 2.75) is 38.7 Å². The molecular weight excluding hydrogens is 220 g/mol. The zero-order chi connectivity index (χ0) is 12.7. The van der Waals surface area contributed by atoms with E-state index in [0.717, 1.165) is 19.3 Å². The first kappa shape index (κ1) is 13.7. The molecule has 0 aliphatic carbocycles. The molecule has 0 saturated heterocycles. The topological polar surface area (TPSA) is 64.5 Å². The summed E-state index contributed by atoms with van der Waals surface area (Å²) >= 11 is 0. The van der Waals surface area contributed by atoms with Crippen LogP contribution in [0.25, 0.3) is 0 Å². The molecule has 1 aromatic heterocycles. The monoisotopic (exact) mass is 240 g/mol. The number of aliphatic hydroxyl groups excluding tert-OH is 1. The highest BCUT2D eigenvalue weighted by molar-refractivity contribution is 5.30. The summed E-state index contributed by atoms with van der Waals surface area (Å²) in [5, 5.41) is 17.7. The van der Waals surface area contributed by atoms with Gasteiger partial charge in [0.25, 0.3) is 0 Å². The van der Waals surface area contributed by atoms with E-state index in [9.17, 15) is 5.11 Å². The molecule has 5 heteroatoms. The third-order valence-electron chi connectivity index (χ3n) is 2.61. The minimum absolute atomic E-state index is 0.356. The average molecular weight is 240 g/mol. The van der Waals surface area contributed by atoms with E-state index in [2.05, 4.69) is 17.1 Å². The van der Waals surface area contributed by atoms with Crippen molar-refractivity contribution in [3.05, 3.63) is 11.6 Å². The van der Waals surface area contributed by atoms with Crippen LogP contribution in [0.4, 0.5) is 0 Å². The lowest BCUT2D eigenvalue weighted by molar-refractivity contribution is 0.157. The molecule has 1 heterocycles. The van der Waals surface area contributed by atoms with Gasteiger partial charge in [0, 0.05) is 11.6 Å². The Kier molecular flexibility index (Phi) is 5.69. The zero-order valence-electron chi connectivity index (χ0n) is 10.6. The molecule has 0 aromatic carbocycles. The standard InChI is InChI=1S/C12H20N2O3/c1-4-5-6-7-10(15)9-8-11(16-2)13-14-12(9)17-3/h8,10,15H,4-7H2,1-3H3. The summed E-state index contributed by atoms with van der Waals surface area (Å²) in [4.78, 5) is 0. The maximum absolute atomic E-state index is 10.1. The smallest absolute Gasteiger partial charge is 0.239 e. The highest BCUT2D eigenvalue weighted by Gasteiger charge is 2.16. The Balaban J connectivity index is 2.78. The van der Waals surface area contributed by atoms with Gasteiger partial charge < -0.3 is 14.6 Å². The highest BCUT2D eigenvalue weighted by Crippen LogP contribution is 2.28. The molecule has 0 saturated carbocycles. The quantitative estimate of drug-likeness (QED) is 0.739. The van der Waals surface area contributed by atoms with Crippen molar-refractivity contribution in [2.24, 2.45) is 0 Å². The van der Waals surface area contributed by atoms with Crippen LogP contribution in [0.5, 0.6) is 11.8 Å². The second-order valence-electron chi connectivity index (χ2n) is 3.86. The Bertz CT molecular complexity index is 345. The molecule has 1 unspecified atom stereocenters. The third-order valence-corrected chi connectivity index (χ3v) is 2.61. The summed E-state index contributed by atoms with van der Waals surface area (Å²) in [6.45, 7) is 2.13. The summed E-state index contributed by atoms with van der Waals surface area (Å²) in [6.07, 6.45) is 3.32. The van der Waals surface area contributed by atoms with Gasteiger partial charge in [-0.05, 0) is 6.42 Å². The van der Waals surface area contributed by atoms with Gasteiger partial charge in [-0.1, -0.05) is 26.2 Å². The fourth-order valence-electron chi connectivity index (χ4n) is 1.62. The molecule has 0 fully saturated rings. The van der Waals surface area contributed by atoms with Crippen LogP contribution in [0, 0.1) is 0 Å². The second kappa shape index (κ2) is 7.06. The van der Waals surface area contributed by atoms with Crippen molar-refractivity contribution in [2.75, 3.05) is 14.2 Å². The molecule has 0 spiro atoms. The van der Waals surface area contributed by atoms with Crippen LogP contribution in [0.3, 0.4) is 0 Å². The number of ether oxygens (including phenoxy) is 2. The van der Waals surface area contributed by atoms with E-state index in [4.69, 9.17) is 9.47 Å². The Morgan fingerprint density at radius 2 is 2.00 bits per heavy atom. The maximum Gasteiger partial charge on any atom is 0.239 e. The van der Waals surface area contributed by atoms with Crippen LogP contribution in [0.2, 0.25) is 0 Å². The van der Waals surface area contributed by atoms with Crippen LogP contribution in [-0.2, 0) is 0 Å². The molecule has 1 aromatic rings. The summed E-state index contributed by atoms with van der Waals surface area (Å²) in [5.41, 5.74) is 0.635. The van der Waals surface area contributed by atoms with Crippen LogP contribution in [0.1, 0.15) is 44.3 Å². The Hall–Kier alpha value is -1.36. The van der Waals surface area contributed by atoms with Gasteiger partial charge >= 0.3 is 0 Å². The SMILES string of the molecule is CCCCCC(O)c1cc(OC)nnc1OC. The van der Waals surface area contributed by atoms with Crippen LogP contribution < -0.4 is 9.47 Å². The molecular formula is C12H20N2O3. The van der Waals surface area contributed by atoms with Crippen molar-refractivity contribution in [3.63, 3.8) is 0 Å². The van der Waals surface area contributed by atoms with Gasteiger partial charge in [0.2, 0.25) is 11.8 Å². The summed E-state index contributed by atoms with van der Waals surface area (Å²) in [7, 11) is 3.03. The molecule has 1 N–H and O–H groups in total. The van der Waals surface area contributed by atoms with Crippen molar-refractivity contribution in [1.82, 2.24) is 10.2 Å². The fourth-order valence-corrected chi connectivity index (χ4v) is 1.62. The zero-order valence-corrected chi connectivity index (χ0v) is 10.6. The van der Waals surface area contributed by atoms with E-state index in [1.807, 2.05) is 0 Å². The first-order chi connectivity index (χ1) is 8.22. The molecule has 17 heavy (non-hydrogen) atoms. The number of hydrogen-bond acceptors (Lipinski definition) is 5. The van der Waals surface area contributed by atoms with Crippen LogP contribution in [-0.4, -0.2) is 29.5 Å². The maximum atomic E-state index is 10.1. The van der Waals surface area contributed by atoms with E-state index in [1.54, 1.807) is 6.07 Å². The Morgan fingerprint density at radius 3 is 2.59 bits per heavy atom. The van der Waals surface area contributed by atoms with Gasteiger partial charge in [-0.15, -0.1) is 10.2 Å². The van der Waals surface area contributed by atoms with Gasteiger partial charge in [0.1, 0.15) is 0 Å². The van der Waals surface area contributed by atoms with Crippen molar-refractivity contribution < 1.29 is 14.6 Å². The molecule has 0 amide bonds. The van der Waals surface area contributed by atoms with Gasteiger partial charge in [0.15, 0.2) is 0 Å². The third kappa shape index (κ3) is 3.85. The van der Waals surface area contributed by atoms with E-state index in [-0.39, 0.29) is 0 Å². The number of unbranched alkanes of at least 4 members (excludes halogenated alkanes) is 2. The normalized spacial score (nSPS) is 12.2. The van der Waals surface area contributed by atoms with Crippen LogP contribution >= 0.6 is 0 Å². The number of rotatable bonds is 7. The molecule has 0 radical (unpaired) electrons. The number of hydrogen-bond donors (Lipinski definition) is 1. The first-order valence-electron chi connectivity index (χ1n) is 5.86. The molecule has 0 aliphatic rings. The number of nitrogens with zero attached hydrogens (tertiary/aromatic N) is 2. The van der Waals surface area contributed by atoms with E-state index in [1.165, 1.54) is 14.2 Å². The minimum Gasteiger partial charge on any atom is -0.480 e. The predicted octanol–water partition coefficient (Wildman–Crippen LogP) is 2.11. The minimum atomic E-state index is -0.583.